The fraction of sp³-hybridized carbons (Fsp3) is 0.520. The number of hydrogen-bond acceptors (Lipinski definition) is 6. The van der Waals surface area contributed by atoms with Crippen LogP contribution in [0, 0.1) is 11.5 Å². The van der Waals surface area contributed by atoms with Gasteiger partial charge in [-0.15, -0.1) is 0 Å². The second-order valence-electron chi connectivity index (χ2n) is 8.13. The molecule has 2 amide bonds. The second kappa shape index (κ2) is 17.8. The zero-order chi connectivity index (χ0) is 25.9. The van der Waals surface area contributed by atoms with E-state index in [9.17, 15) is 9.59 Å². The first-order valence-electron chi connectivity index (χ1n) is 12.1. The van der Waals surface area contributed by atoms with Gasteiger partial charge in [-0.1, -0.05) is 51.1 Å². The smallest absolute Gasteiger partial charge is 0.244 e. The van der Waals surface area contributed by atoms with Gasteiger partial charge in [0.2, 0.25) is 17.8 Å². The number of hydrogen-bond donors (Lipinski definition) is 6. The first-order chi connectivity index (χ1) is 16.9. The highest BCUT2D eigenvalue weighted by molar-refractivity contribution is 5.89. The fourth-order valence-corrected chi connectivity index (χ4v) is 3.34. The minimum atomic E-state index is -0.929. The molecule has 7 N–H and O–H groups in total. The predicted octanol–water partition coefficient (Wildman–Crippen LogP) is 0.661. The Morgan fingerprint density at radius 1 is 1.09 bits per heavy atom. The Morgan fingerprint density at radius 2 is 1.80 bits per heavy atom. The molecule has 1 atom stereocenters. The molecule has 1 aromatic rings. The van der Waals surface area contributed by atoms with Gasteiger partial charge < -0.3 is 27.0 Å². The first-order valence-corrected chi connectivity index (χ1v) is 12.1. The van der Waals surface area contributed by atoms with Gasteiger partial charge in [0, 0.05) is 18.8 Å². The van der Waals surface area contributed by atoms with Crippen LogP contribution in [0.4, 0.5) is 0 Å². The van der Waals surface area contributed by atoms with Gasteiger partial charge in [0.25, 0.3) is 0 Å². The van der Waals surface area contributed by atoms with E-state index in [2.05, 4.69) is 64.1 Å². The number of amides is 2. The van der Waals surface area contributed by atoms with E-state index in [0.717, 1.165) is 38.6 Å². The summed E-state index contributed by atoms with van der Waals surface area (Å²) in [6, 6.07) is 7.40. The van der Waals surface area contributed by atoms with Crippen LogP contribution in [0.2, 0.25) is 0 Å². The van der Waals surface area contributed by atoms with Crippen molar-refractivity contribution in [1.29, 1.82) is 5.26 Å². The van der Waals surface area contributed by atoms with Crippen molar-refractivity contribution >= 4 is 17.8 Å². The number of guanidine groups is 1. The van der Waals surface area contributed by atoms with E-state index < -0.39 is 6.04 Å². The van der Waals surface area contributed by atoms with Gasteiger partial charge in [0.05, 0.1) is 13.1 Å². The first kappa shape index (κ1) is 29.5. The van der Waals surface area contributed by atoms with Crippen molar-refractivity contribution in [1.82, 2.24) is 26.6 Å². The molecular formula is C25H40N8O2. The molecule has 0 aromatic heterocycles. The Labute approximate surface area is 208 Å². The summed E-state index contributed by atoms with van der Waals surface area (Å²) in [6.45, 7) is 9.83. The summed E-state index contributed by atoms with van der Waals surface area (Å²) in [6.07, 6.45) is 6.39. The molecule has 0 aliphatic carbocycles. The van der Waals surface area contributed by atoms with E-state index in [1.807, 2.05) is 12.1 Å². The number of carbonyl (C=O) groups excluding carboxylic acids is 2. The Morgan fingerprint density at radius 3 is 2.46 bits per heavy atom. The van der Waals surface area contributed by atoms with Gasteiger partial charge in [0.1, 0.15) is 6.04 Å². The number of rotatable bonds is 17. The molecule has 0 heterocycles. The van der Waals surface area contributed by atoms with Gasteiger partial charge in [0.15, 0.2) is 6.19 Å². The fourth-order valence-electron chi connectivity index (χ4n) is 3.34. The van der Waals surface area contributed by atoms with Crippen LogP contribution in [0.15, 0.2) is 41.5 Å². The zero-order valence-electron chi connectivity index (χ0n) is 21.0. The van der Waals surface area contributed by atoms with Crippen LogP contribution < -0.4 is 32.3 Å². The maximum atomic E-state index is 12.8. The largest absolute Gasteiger partial charge is 0.379 e. The van der Waals surface area contributed by atoms with Crippen molar-refractivity contribution in [2.24, 2.45) is 10.7 Å². The molecule has 1 unspecified atom stereocenters. The number of nitriles is 1. The Hall–Kier alpha value is -3.58. The number of nitrogens with zero attached hydrogens (tertiary/aromatic N) is 2. The summed E-state index contributed by atoms with van der Waals surface area (Å²) in [5.41, 5.74) is 8.88. The van der Waals surface area contributed by atoms with Gasteiger partial charge in [-0.25, -0.2) is 4.99 Å². The van der Waals surface area contributed by atoms with Gasteiger partial charge >= 0.3 is 0 Å². The van der Waals surface area contributed by atoms with Crippen LogP contribution in [0.5, 0.6) is 0 Å². The summed E-state index contributed by atoms with van der Waals surface area (Å²) in [7, 11) is 0. The summed E-state index contributed by atoms with van der Waals surface area (Å²) in [5, 5.41) is 22.5. The van der Waals surface area contributed by atoms with Crippen molar-refractivity contribution < 1.29 is 9.59 Å². The van der Waals surface area contributed by atoms with Gasteiger partial charge in [-0.2, -0.15) is 5.26 Å². The maximum Gasteiger partial charge on any atom is 0.244 e. The van der Waals surface area contributed by atoms with Crippen LogP contribution in [-0.4, -0.2) is 56.5 Å². The maximum absolute atomic E-state index is 12.8. The predicted molar refractivity (Wildman–Crippen MR) is 139 cm³/mol. The van der Waals surface area contributed by atoms with Crippen LogP contribution in [0.3, 0.4) is 0 Å². The summed E-state index contributed by atoms with van der Waals surface area (Å²) >= 11 is 0. The molecule has 192 valence electrons. The lowest BCUT2D eigenvalue weighted by atomic mass is 9.99. The van der Waals surface area contributed by atoms with E-state index in [1.54, 1.807) is 6.19 Å². The lowest BCUT2D eigenvalue weighted by Gasteiger charge is -2.18. The number of benzene rings is 1. The second-order valence-corrected chi connectivity index (χ2v) is 8.13. The van der Waals surface area contributed by atoms with E-state index in [1.165, 1.54) is 11.1 Å². The average Bonchev–Trinajstić information content (AvgIpc) is 2.84. The summed E-state index contributed by atoms with van der Waals surface area (Å²) in [5.74, 6) is -0.866. The van der Waals surface area contributed by atoms with Crippen molar-refractivity contribution in [2.75, 3.05) is 32.7 Å². The number of aliphatic imine (C=N–C) groups is 1. The van der Waals surface area contributed by atoms with E-state index in [4.69, 9.17) is 11.0 Å². The third kappa shape index (κ3) is 13.0. The van der Waals surface area contributed by atoms with E-state index in [-0.39, 0.29) is 30.9 Å². The summed E-state index contributed by atoms with van der Waals surface area (Å²) in [4.78, 5) is 29.2. The molecule has 35 heavy (non-hydrogen) atoms. The molecule has 0 aliphatic heterocycles. The van der Waals surface area contributed by atoms with Crippen LogP contribution in [-0.2, 0) is 22.4 Å². The van der Waals surface area contributed by atoms with Crippen molar-refractivity contribution in [3.05, 3.63) is 47.7 Å². The van der Waals surface area contributed by atoms with E-state index in [0.29, 0.717) is 18.8 Å². The monoisotopic (exact) mass is 484 g/mol. The quantitative estimate of drug-likeness (QED) is 0.0623. The SMILES string of the molecule is C=C(CNCCC)NCC(=O)NC(CN=C(N)NC#N)C(=O)NCCCc1ccccc1CCC. The molecule has 10 nitrogen and oxygen atoms in total. The normalized spacial score (nSPS) is 11.7. The third-order valence-corrected chi connectivity index (χ3v) is 5.10. The molecule has 0 fully saturated rings. The average molecular weight is 485 g/mol. The lowest BCUT2D eigenvalue weighted by molar-refractivity contribution is -0.128. The number of nitrogens with one attached hydrogen (secondary N) is 5. The highest BCUT2D eigenvalue weighted by atomic mass is 16.2. The number of carbonyl (C=O) groups is 2. The molecule has 1 rings (SSSR count). The molecule has 0 aliphatic rings. The van der Waals surface area contributed by atoms with Crippen molar-refractivity contribution in [3.63, 3.8) is 0 Å². The number of nitrogens with two attached hydrogens (primary N) is 1. The Kier molecular flexibility index (Phi) is 15.0. The third-order valence-electron chi connectivity index (χ3n) is 5.10. The Bertz CT molecular complexity index is 878. The topological polar surface area (TPSA) is 156 Å². The summed E-state index contributed by atoms with van der Waals surface area (Å²) < 4.78 is 0. The van der Waals surface area contributed by atoms with E-state index >= 15 is 0 Å². The van der Waals surface area contributed by atoms with Crippen LogP contribution in [0.1, 0.15) is 44.2 Å². The zero-order valence-corrected chi connectivity index (χ0v) is 21.0. The number of aryl methyl sites for hydroxylation is 2. The lowest BCUT2D eigenvalue weighted by Crippen LogP contribution is -2.51. The molecular weight excluding hydrogens is 444 g/mol. The highest BCUT2D eigenvalue weighted by Gasteiger charge is 2.20. The molecule has 0 spiro atoms. The molecule has 0 bridgehead atoms. The molecule has 0 radical (unpaired) electrons. The Balaban J connectivity index is 2.61. The van der Waals surface area contributed by atoms with Crippen molar-refractivity contribution in [2.45, 2.75) is 52.0 Å². The molecule has 0 saturated carbocycles. The molecule has 10 heteroatoms. The minimum Gasteiger partial charge on any atom is -0.379 e. The van der Waals surface area contributed by atoms with Crippen LogP contribution >= 0.6 is 0 Å². The highest BCUT2D eigenvalue weighted by Crippen LogP contribution is 2.12. The van der Waals surface area contributed by atoms with Crippen LogP contribution in [0.25, 0.3) is 0 Å². The minimum absolute atomic E-state index is 0.0275. The van der Waals surface area contributed by atoms with Crippen molar-refractivity contribution in [3.8, 4) is 6.19 Å². The molecule has 1 aromatic carbocycles. The standard InChI is InChI=1S/C25H40N8O2/c1-4-9-20-10-6-7-11-21(20)12-8-14-29-24(35)22(16-31-25(27)32-18-26)33-23(34)17-30-19(3)15-28-13-5-2/h6-7,10-11,22,28,30H,3-5,8-9,12-17H2,1-2H3,(H,29,35)(H,33,34)(H3,27,31,32). The van der Waals surface area contributed by atoms with Gasteiger partial charge in [-0.3, -0.25) is 14.9 Å². The van der Waals surface area contributed by atoms with Gasteiger partial charge in [-0.05, 0) is 43.4 Å². The molecule has 0 saturated heterocycles.